The molecule has 3 rings (SSSR count). The summed E-state index contributed by atoms with van der Waals surface area (Å²) in [6, 6.07) is 6.95. The molecule has 8 nitrogen and oxygen atoms in total. The lowest BCUT2D eigenvalue weighted by Gasteiger charge is -2.12. The molecule has 2 aromatic heterocycles. The molecule has 26 heavy (non-hydrogen) atoms. The molecule has 2 heterocycles. The number of aromatic nitrogens is 4. The molecule has 2 N–H and O–H groups in total. The van der Waals surface area contributed by atoms with Crippen molar-refractivity contribution < 1.29 is 4.79 Å². The molecule has 134 valence electrons. The van der Waals surface area contributed by atoms with Crippen molar-refractivity contribution in [1.29, 1.82) is 0 Å². The van der Waals surface area contributed by atoms with Gasteiger partial charge in [0.25, 0.3) is 5.56 Å². The number of hydrogen-bond acceptors (Lipinski definition) is 6. The van der Waals surface area contributed by atoms with Crippen molar-refractivity contribution in [2.45, 2.75) is 5.03 Å². The largest absolute Gasteiger partial charge is 0.369 e. The number of nitrogens with two attached hydrogens (primary N) is 1. The van der Waals surface area contributed by atoms with E-state index in [2.05, 4.69) is 9.97 Å². The lowest BCUT2D eigenvalue weighted by Crippen LogP contribution is -2.37. The predicted molar refractivity (Wildman–Crippen MR) is 100 cm³/mol. The summed E-state index contributed by atoms with van der Waals surface area (Å²) < 4.78 is 2.22. The maximum absolute atomic E-state index is 12.6. The van der Waals surface area contributed by atoms with Gasteiger partial charge in [-0.15, -0.1) is 0 Å². The van der Waals surface area contributed by atoms with Crippen LogP contribution < -0.4 is 17.0 Å². The van der Waals surface area contributed by atoms with Crippen LogP contribution in [0.4, 0.5) is 0 Å². The number of fused-ring (bicyclic) bond motifs is 1. The SMILES string of the molecule is Cn1c(=O)c2c(SCC(N)=O)nc(-c3ccccc3Cl)nc2n(C)c1=O. The first-order valence-corrected chi connectivity index (χ1v) is 8.81. The van der Waals surface area contributed by atoms with Crippen LogP contribution in [0.5, 0.6) is 0 Å². The molecule has 3 aromatic rings. The summed E-state index contributed by atoms with van der Waals surface area (Å²) >= 11 is 7.23. The van der Waals surface area contributed by atoms with Crippen molar-refractivity contribution in [2.75, 3.05) is 5.75 Å². The maximum Gasteiger partial charge on any atom is 0.332 e. The van der Waals surface area contributed by atoms with E-state index in [9.17, 15) is 14.4 Å². The minimum absolute atomic E-state index is 0.0694. The monoisotopic (exact) mass is 391 g/mol. The minimum Gasteiger partial charge on any atom is -0.369 e. The molecule has 0 bridgehead atoms. The van der Waals surface area contributed by atoms with E-state index in [1.165, 1.54) is 18.7 Å². The number of aryl methyl sites for hydroxylation is 1. The number of carbonyl (C=O) groups excluding carboxylic acids is 1. The highest BCUT2D eigenvalue weighted by atomic mass is 35.5. The second kappa shape index (κ2) is 6.93. The molecular weight excluding hydrogens is 378 g/mol. The Kier molecular flexibility index (Phi) is 4.84. The highest BCUT2D eigenvalue weighted by Crippen LogP contribution is 2.29. The topological polar surface area (TPSA) is 113 Å². The van der Waals surface area contributed by atoms with Crippen molar-refractivity contribution in [3.63, 3.8) is 0 Å². The average molecular weight is 392 g/mol. The Hall–Kier alpha value is -2.65. The van der Waals surface area contributed by atoms with Gasteiger partial charge in [0.2, 0.25) is 5.91 Å². The Morgan fingerprint density at radius 2 is 1.88 bits per heavy atom. The van der Waals surface area contributed by atoms with E-state index in [1.54, 1.807) is 24.3 Å². The smallest absolute Gasteiger partial charge is 0.332 e. The lowest BCUT2D eigenvalue weighted by molar-refractivity contribution is -0.115. The Morgan fingerprint density at radius 3 is 2.54 bits per heavy atom. The third-order valence-corrected chi connectivity index (χ3v) is 5.06. The highest BCUT2D eigenvalue weighted by molar-refractivity contribution is 8.00. The predicted octanol–water partition coefficient (Wildman–Crippen LogP) is 0.925. The zero-order valence-corrected chi connectivity index (χ0v) is 15.5. The molecule has 1 aromatic carbocycles. The van der Waals surface area contributed by atoms with Gasteiger partial charge in [-0.2, -0.15) is 0 Å². The first kappa shape index (κ1) is 18.2. The van der Waals surface area contributed by atoms with Gasteiger partial charge >= 0.3 is 5.69 Å². The van der Waals surface area contributed by atoms with Gasteiger partial charge in [-0.3, -0.25) is 18.7 Å². The Bertz CT molecular complexity index is 1160. The Balaban J connectivity index is 2.40. The first-order valence-electron chi connectivity index (χ1n) is 7.45. The van der Waals surface area contributed by atoms with Crippen LogP contribution in [0.3, 0.4) is 0 Å². The van der Waals surface area contributed by atoms with Crippen LogP contribution in [0.1, 0.15) is 0 Å². The number of primary amides is 1. The average Bonchev–Trinajstić information content (AvgIpc) is 2.62. The van der Waals surface area contributed by atoms with E-state index in [0.717, 1.165) is 16.3 Å². The molecule has 0 fully saturated rings. The summed E-state index contributed by atoms with van der Waals surface area (Å²) in [5.41, 5.74) is 4.87. The lowest BCUT2D eigenvalue weighted by atomic mass is 10.2. The summed E-state index contributed by atoms with van der Waals surface area (Å²) in [6.07, 6.45) is 0. The van der Waals surface area contributed by atoms with E-state index < -0.39 is 17.2 Å². The fraction of sp³-hybridized carbons (Fsp3) is 0.188. The van der Waals surface area contributed by atoms with Crippen LogP contribution >= 0.6 is 23.4 Å². The fourth-order valence-corrected chi connectivity index (χ4v) is 3.41. The summed E-state index contributed by atoms with van der Waals surface area (Å²) in [4.78, 5) is 44.8. The third-order valence-electron chi connectivity index (χ3n) is 3.73. The number of thioether (sulfide) groups is 1. The van der Waals surface area contributed by atoms with Crippen molar-refractivity contribution in [3.8, 4) is 11.4 Å². The molecule has 0 unspecified atom stereocenters. The molecule has 0 saturated carbocycles. The number of benzene rings is 1. The molecule has 0 spiro atoms. The van der Waals surface area contributed by atoms with Crippen LogP contribution in [0.2, 0.25) is 5.02 Å². The molecule has 0 atom stereocenters. The number of rotatable bonds is 4. The van der Waals surface area contributed by atoms with E-state index in [4.69, 9.17) is 17.3 Å². The molecule has 0 saturated heterocycles. The van der Waals surface area contributed by atoms with Gasteiger partial charge in [0.15, 0.2) is 11.5 Å². The standard InChI is InChI=1S/C16H14ClN5O3S/c1-21-13-11(15(24)22(2)16(21)25)14(26-7-10(18)23)20-12(19-13)8-5-3-4-6-9(8)17/h3-6H,7H2,1-2H3,(H2,18,23). The van der Waals surface area contributed by atoms with Gasteiger partial charge in [-0.05, 0) is 12.1 Å². The van der Waals surface area contributed by atoms with Gasteiger partial charge < -0.3 is 5.73 Å². The molecule has 1 amide bonds. The summed E-state index contributed by atoms with van der Waals surface area (Å²) in [5.74, 6) is -0.374. The van der Waals surface area contributed by atoms with Crippen LogP contribution in [-0.4, -0.2) is 30.8 Å². The maximum atomic E-state index is 12.6. The second-order valence-corrected chi connectivity index (χ2v) is 6.86. The third kappa shape index (κ3) is 3.11. The van der Waals surface area contributed by atoms with Crippen molar-refractivity contribution in [3.05, 3.63) is 50.1 Å². The van der Waals surface area contributed by atoms with Gasteiger partial charge in [-0.1, -0.05) is 35.5 Å². The number of hydrogen-bond donors (Lipinski definition) is 1. The highest BCUT2D eigenvalue weighted by Gasteiger charge is 2.19. The molecule has 0 aliphatic carbocycles. The zero-order chi connectivity index (χ0) is 19.0. The van der Waals surface area contributed by atoms with Crippen LogP contribution in [0.15, 0.2) is 38.9 Å². The fourth-order valence-electron chi connectivity index (χ4n) is 2.44. The van der Waals surface area contributed by atoms with Crippen molar-refractivity contribution in [2.24, 2.45) is 19.8 Å². The first-order chi connectivity index (χ1) is 12.3. The van der Waals surface area contributed by atoms with Gasteiger partial charge in [-0.25, -0.2) is 14.8 Å². The van der Waals surface area contributed by atoms with Gasteiger partial charge in [0.1, 0.15) is 10.4 Å². The summed E-state index contributed by atoms with van der Waals surface area (Å²) in [7, 11) is 2.88. The van der Waals surface area contributed by atoms with Crippen molar-refractivity contribution in [1.82, 2.24) is 19.1 Å². The van der Waals surface area contributed by atoms with Crippen molar-refractivity contribution >= 4 is 40.3 Å². The zero-order valence-electron chi connectivity index (χ0n) is 13.9. The van der Waals surface area contributed by atoms with Crippen LogP contribution in [0, 0.1) is 0 Å². The molecular formula is C16H14ClN5O3S. The molecule has 10 heteroatoms. The van der Waals surface area contributed by atoms with Crippen LogP contribution in [-0.2, 0) is 18.9 Å². The molecule has 0 aliphatic rings. The number of nitrogens with zero attached hydrogens (tertiary/aromatic N) is 4. The minimum atomic E-state index is -0.553. The molecule has 0 aliphatic heterocycles. The summed E-state index contributed by atoms with van der Waals surface area (Å²) in [5, 5.41) is 0.836. The van der Waals surface area contributed by atoms with E-state index in [-0.39, 0.29) is 27.6 Å². The quantitative estimate of drug-likeness (QED) is 0.522. The second-order valence-electron chi connectivity index (χ2n) is 5.49. The van der Waals surface area contributed by atoms with Gasteiger partial charge in [0, 0.05) is 19.7 Å². The van der Waals surface area contributed by atoms with E-state index in [0.29, 0.717) is 10.6 Å². The number of halogens is 1. The number of amides is 1. The normalized spacial score (nSPS) is 11.0. The van der Waals surface area contributed by atoms with E-state index in [1.807, 2.05) is 0 Å². The van der Waals surface area contributed by atoms with Gasteiger partial charge in [0.05, 0.1) is 10.8 Å². The van der Waals surface area contributed by atoms with E-state index >= 15 is 0 Å². The Labute approximate surface area is 156 Å². The number of carbonyl (C=O) groups is 1. The molecule has 0 radical (unpaired) electrons. The Morgan fingerprint density at radius 1 is 1.19 bits per heavy atom. The van der Waals surface area contributed by atoms with Crippen LogP contribution in [0.25, 0.3) is 22.4 Å². The summed E-state index contributed by atoms with van der Waals surface area (Å²) in [6.45, 7) is 0.